The molecule has 2 rings (SSSR count). The summed E-state index contributed by atoms with van der Waals surface area (Å²) in [5.74, 6) is -0.471. The molecule has 0 bridgehead atoms. The van der Waals surface area contributed by atoms with Gasteiger partial charge in [-0.1, -0.05) is 29.8 Å². The predicted octanol–water partition coefficient (Wildman–Crippen LogP) is 4.26. The maximum Gasteiger partial charge on any atom is 0.244 e. The maximum absolute atomic E-state index is 12.4. The molecule has 5 heteroatoms. The Morgan fingerprint density at radius 2 is 1.79 bits per heavy atom. The van der Waals surface area contributed by atoms with Crippen LogP contribution in [0.25, 0.3) is 0 Å². The minimum absolute atomic E-state index is 0.0674. The zero-order valence-corrected chi connectivity index (χ0v) is 15.1. The molecule has 0 saturated carbocycles. The van der Waals surface area contributed by atoms with Gasteiger partial charge in [0.1, 0.15) is 6.54 Å². The van der Waals surface area contributed by atoms with E-state index in [0.29, 0.717) is 10.7 Å². The summed E-state index contributed by atoms with van der Waals surface area (Å²) >= 11 is 6.13. The lowest BCUT2D eigenvalue weighted by Gasteiger charge is -2.21. The monoisotopic (exact) mass is 344 g/mol. The zero-order chi connectivity index (χ0) is 17.9. The molecule has 2 aromatic rings. The molecule has 0 saturated heterocycles. The van der Waals surface area contributed by atoms with E-state index in [4.69, 9.17) is 11.6 Å². The summed E-state index contributed by atoms with van der Waals surface area (Å²) in [5.41, 5.74) is 4.39. The van der Waals surface area contributed by atoms with Crippen molar-refractivity contribution in [3.8, 4) is 0 Å². The molecule has 0 spiro atoms. The average Bonchev–Trinajstić information content (AvgIpc) is 2.52. The van der Waals surface area contributed by atoms with Crippen molar-refractivity contribution in [3.05, 3.63) is 58.1 Å². The van der Waals surface area contributed by atoms with Gasteiger partial charge in [0.2, 0.25) is 11.8 Å². The molecule has 0 heterocycles. The minimum Gasteiger partial charge on any atom is -0.324 e. The highest BCUT2D eigenvalue weighted by atomic mass is 35.5. The number of nitrogens with zero attached hydrogens (tertiary/aromatic N) is 1. The molecule has 126 valence electrons. The number of hydrogen-bond donors (Lipinski definition) is 1. The second-order valence-corrected chi connectivity index (χ2v) is 6.24. The molecule has 0 aliphatic rings. The molecule has 24 heavy (non-hydrogen) atoms. The Kier molecular flexibility index (Phi) is 5.62. The van der Waals surface area contributed by atoms with Crippen molar-refractivity contribution in [1.29, 1.82) is 0 Å². The van der Waals surface area contributed by atoms with Crippen LogP contribution in [-0.4, -0.2) is 18.4 Å². The Labute approximate surface area is 147 Å². The summed E-state index contributed by atoms with van der Waals surface area (Å²) in [7, 11) is 0. The van der Waals surface area contributed by atoms with Crippen LogP contribution in [0.4, 0.5) is 11.4 Å². The molecule has 4 nitrogen and oxygen atoms in total. The lowest BCUT2D eigenvalue weighted by molar-refractivity contribution is -0.120. The SMILES string of the molecule is CC(=O)N(CC(=O)Nc1cccc(C)c1C)c1ccc(C)c(Cl)c1. The van der Waals surface area contributed by atoms with Gasteiger partial charge in [0.15, 0.2) is 0 Å². The Morgan fingerprint density at radius 3 is 2.42 bits per heavy atom. The molecule has 0 aromatic heterocycles. The quantitative estimate of drug-likeness (QED) is 0.901. The highest BCUT2D eigenvalue weighted by Crippen LogP contribution is 2.24. The van der Waals surface area contributed by atoms with E-state index in [9.17, 15) is 9.59 Å². The third kappa shape index (κ3) is 4.15. The Morgan fingerprint density at radius 1 is 1.08 bits per heavy atom. The van der Waals surface area contributed by atoms with Gasteiger partial charge >= 0.3 is 0 Å². The first-order valence-electron chi connectivity index (χ1n) is 7.70. The van der Waals surface area contributed by atoms with Crippen molar-refractivity contribution >= 4 is 34.8 Å². The molecule has 2 aromatic carbocycles. The van der Waals surface area contributed by atoms with E-state index < -0.39 is 0 Å². The number of nitrogens with one attached hydrogen (secondary N) is 1. The summed E-state index contributed by atoms with van der Waals surface area (Å²) in [6.45, 7) is 7.19. The lowest BCUT2D eigenvalue weighted by Crippen LogP contribution is -2.36. The van der Waals surface area contributed by atoms with Crippen LogP contribution in [0.15, 0.2) is 36.4 Å². The molecular weight excluding hydrogens is 324 g/mol. The number of halogens is 1. The van der Waals surface area contributed by atoms with Crippen molar-refractivity contribution < 1.29 is 9.59 Å². The van der Waals surface area contributed by atoms with Gasteiger partial charge < -0.3 is 10.2 Å². The van der Waals surface area contributed by atoms with Crippen LogP contribution in [0.5, 0.6) is 0 Å². The molecular formula is C19H21ClN2O2. The second-order valence-electron chi connectivity index (χ2n) is 5.83. The van der Waals surface area contributed by atoms with Crippen LogP contribution in [0.1, 0.15) is 23.6 Å². The number of benzene rings is 2. The summed E-state index contributed by atoms with van der Waals surface area (Å²) in [6, 6.07) is 11.0. The molecule has 0 aliphatic carbocycles. The van der Waals surface area contributed by atoms with E-state index in [1.807, 2.05) is 45.0 Å². The highest BCUT2D eigenvalue weighted by Gasteiger charge is 2.17. The molecule has 0 atom stereocenters. The number of carbonyl (C=O) groups excluding carboxylic acids is 2. The van der Waals surface area contributed by atoms with Crippen LogP contribution in [0.2, 0.25) is 5.02 Å². The van der Waals surface area contributed by atoms with Crippen LogP contribution in [-0.2, 0) is 9.59 Å². The fourth-order valence-electron chi connectivity index (χ4n) is 2.35. The van der Waals surface area contributed by atoms with Crippen LogP contribution in [0.3, 0.4) is 0 Å². The standard InChI is InChI=1S/C19H21ClN2O2/c1-12-6-5-7-18(14(12)3)21-19(24)11-22(15(4)23)16-9-8-13(2)17(20)10-16/h5-10H,11H2,1-4H3,(H,21,24). The number of rotatable bonds is 4. The second kappa shape index (κ2) is 7.49. The van der Waals surface area contributed by atoms with Gasteiger partial charge in [-0.05, 0) is 55.7 Å². The van der Waals surface area contributed by atoms with Crippen molar-refractivity contribution in [2.45, 2.75) is 27.7 Å². The van der Waals surface area contributed by atoms with Crippen molar-refractivity contribution in [3.63, 3.8) is 0 Å². The smallest absolute Gasteiger partial charge is 0.244 e. The molecule has 0 radical (unpaired) electrons. The van der Waals surface area contributed by atoms with Crippen LogP contribution < -0.4 is 10.2 Å². The topological polar surface area (TPSA) is 49.4 Å². The van der Waals surface area contributed by atoms with Gasteiger partial charge in [0.05, 0.1) is 0 Å². The van der Waals surface area contributed by atoms with Gasteiger partial charge in [-0.2, -0.15) is 0 Å². The third-order valence-corrected chi connectivity index (χ3v) is 4.43. The number of carbonyl (C=O) groups is 2. The van der Waals surface area contributed by atoms with E-state index in [2.05, 4.69) is 5.32 Å². The van der Waals surface area contributed by atoms with Crippen LogP contribution >= 0.6 is 11.6 Å². The fraction of sp³-hybridized carbons (Fsp3) is 0.263. The van der Waals surface area contributed by atoms with Crippen molar-refractivity contribution in [2.75, 3.05) is 16.8 Å². The fourth-order valence-corrected chi connectivity index (χ4v) is 2.53. The lowest BCUT2D eigenvalue weighted by atomic mass is 10.1. The first-order chi connectivity index (χ1) is 11.3. The first kappa shape index (κ1) is 18.0. The average molecular weight is 345 g/mol. The van der Waals surface area contributed by atoms with E-state index in [1.165, 1.54) is 11.8 Å². The van der Waals surface area contributed by atoms with Gasteiger partial charge in [-0.3, -0.25) is 9.59 Å². The van der Waals surface area contributed by atoms with Crippen molar-refractivity contribution in [1.82, 2.24) is 0 Å². The van der Waals surface area contributed by atoms with E-state index >= 15 is 0 Å². The maximum atomic E-state index is 12.4. The highest BCUT2D eigenvalue weighted by molar-refractivity contribution is 6.31. The van der Waals surface area contributed by atoms with Crippen LogP contribution in [0, 0.1) is 20.8 Å². The Bertz CT molecular complexity index is 787. The molecule has 0 unspecified atom stereocenters. The summed E-state index contributed by atoms with van der Waals surface area (Å²) in [6.07, 6.45) is 0. The molecule has 1 N–H and O–H groups in total. The van der Waals surface area contributed by atoms with Gasteiger partial charge in [-0.25, -0.2) is 0 Å². The predicted molar refractivity (Wildman–Crippen MR) is 98.8 cm³/mol. The van der Waals surface area contributed by atoms with Gasteiger partial charge in [-0.15, -0.1) is 0 Å². The largest absolute Gasteiger partial charge is 0.324 e. The van der Waals surface area contributed by atoms with Crippen molar-refractivity contribution in [2.24, 2.45) is 0 Å². The number of amides is 2. The van der Waals surface area contributed by atoms with E-state index in [1.54, 1.807) is 12.1 Å². The van der Waals surface area contributed by atoms with E-state index in [0.717, 1.165) is 22.4 Å². The van der Waals surface area contributed by atoms with E-state index in [-0.39, 0.29) is 18.4 Å². The minimum atomic E-state index is -0.254. The molecule has 2 amide bonds. The number of anilines is 2. The number of aryl methyl sites for hydroxylation is 2. The van der Waals surface area contributed by atoms with Gasteiger partial charge in [0.25, 0.3) is 0 Å². The first-order valence-corrected chi connectivity index (χ1v) is 8.07. The number of hydrogen-bond acceptors (Lipinski definition) is 2. The summed E-state index contributed by atoms with van der Waals surface area (Å²) in [5, 5.41) is 3.43. The third-order valence-electron chi connectivity index (χ3n) is 4.03. The molecule has 0 aliphatic heterocycles. The Hall–Kier alpha value is -2.33. The van der Waals surface area contributed by atoms with Gasteiger partial charge in [0, 0.05) is 23.3 Å². The molecule has 0 fully saturated rings. The summed E-state index contributed by atoms with van der Waals surface area (Å²) < 4.78 is 0. The zero-order valence-electron chi connectivity index (χ0n) is 14.3. The summed E-state index contributed by atoms with van der Waals surface area (Å²) in [4.78, 5) is 25.7. The normalized spacial score (nSPS) is 10.4. The Balaban J connectivity index is 2.18.